The molecular weight excluding hydrogens is 330 g/mol. The van der Waals surface area contributed by atoms with Crippen LogP contribution in [-0.2, 0) is 4.79 Å². The molecule has 5 heteroatoms. The van der Waals surface area contributed by atoms with Gasteiger partial charge in [-0.15, -0.1) is 0 Å². The Morgan fingerprint density at radius 2 is 1.65 bits per heavy atom. The Morgan fingerprint density at radius 3 is 2.15 bits per heavy atom. The number of benzene rings is 2. The molecule has 1 amide bonds. The first-order valence-corrected chi connectivity index (χ1v) is 8.40. The van der Waals surface area contributed by atoms with Crippen molar-refractivity contribution in [3.8, 4) is 17.2 Å². The average molecular weight is 355 g/mol. The van der Waals surface area contributed by atoms with E-state index in [-0.39, 0.29) is 5.91 Å². The number of carbonyl (C=O) groups is 1. The van der Waals surface area contributed by atoms with Crippen molar-refractivity contribution in [3.63, 3.8) is 0 Å². The van der Waals surface area contributed by atoms with E-state index in [1.807, 2.05) is 38.1 Å². The average Bonchev–Trinajstić information content (AvgIpc) is 2.67. The van der Waals surface area contributed by atoms with E-state index < -0.39 is 0 Å². The van der Waals surface area contributed by atoms with Gasteiger partial charge < -0.3 is 19.1 Å². The number of rotatable bonds is 7. The Hall–Kier alpha value is -2.95. The van der Waals surface area contributed by atoms with Crippen LogP contribution in [0.3, 0.4) is 0 Å². The lowest BCUT2D eigenvalue weighted by Gasteiger charge is -2.21. The molecular formula is C21H25NO4. The topological polar surface area (TPSA) is 48.0 Å². The molecule has 0 atom stereocenters. The van der Waals surface area contributed by atoms with Gasteiger partial charge in [0.2, 0.25) is 5.75 Å². The van der Waals surface area contributed by atoms with E-state index in [1.54, 1.807) is 50.5 Å². The summed E-state index contributed by atoms with van der Waals surface area (Å²) in [6.07, 6.45) is 3.30. The highest BCUT2D eigenvalue weighted by Crippen LogP contribution is 2.38. The zero-order chi connectivity index (χ0) is 19.1. The first-order chi connectivity index (χ1) is 12.5. The molecule has 0 heterocycles. The summed E-state index contributed by atoms with van der Waals surface area (Å²) in [6.45, 7) is 4.54. The fourth-order valence-corrected chi connectivity index (χ4v) is 2.77. The number of para-hydroxylation sites is 1. The van der Waals surface area contributed by atoms with Crippen LogP contribution in [0, 0.1) is 6.92 Å². The van der Waals surface area contributed by atoms with Gasteiger partial charge in [0.25, 0.3) is 5.91 Å². The minimum atomic E-state index is -0.0875. The summed E-state index contributed by atoms with van der Waals surface area (Å²) in [6, 6.07) is 11.4. The van der Waals surface area contributed by atoms with Gasteiger partial charge in [-0.2, -0.15) is 0 Å². The van der Waals surface area contributed by atoms with Gasteiger partial charge >= 0.3 is 0 Å². The van der Waals surface area contributed by atoms with E-state index in [4.69, 9.17) is 14.2 Å². The van der Waals surface area contributed by atoms with Crippen LogP contribution in [0.2, 0.25) is 0 Å². The van der Waals surface area contributed by atoms with Crippen LogP contribution in [0.1, 0.15) is 18.1 Å². The molecule has 2 aromatic carbocycles. The van der Waals surface area contributed by atoms with Crippen LogP contribution >= 0.6 is 0 Å². The van der Waals surface area contributed by atoms with E-state index in [0.29, 0.717) is 23.8 Å². The smallest absolute Gasteiger partial charge is 0.250 e. The molecule has 2 aromatic rings. The predicted octanol–water partition coefficient (Wildman–Crippen LogP) is 4.09. The van der Waals surface area contributed by atoms with Crippen LogP contribution in [-0.4, -0.2) is 33.8 Å². The van der Waals surface area contributed by atoms with Gasteiger partial charge in [0.1, 0.15) is 0 Å². The van der Waals surface area contributed by atoms with Crippen LogP contribution in [0.5, 0.6) is 17.2 Å². The number of carbonyl (C=O) groups excluding carboxylic acids is 1. The molecule has 138 valence electrons. The lowest BCUT2D eigenvalue weighted by Crippen LogP contribution is -2.29. The standard InChI is InChI=1S/C21H25NO4/c1-6-22(17-10-8-7-9-15(17)2)20(23)12-11-16-13-18(24-3)21(26-5)19(14-16)25-4/h7-14H,6H2,1-5H3. The number of likely N-dealkylation sites (N-methyl/N-ethyl adjacent to an activating group) is 1. The lowest BCUT2D eigenvalue weighted by atomic mass is 10.1. The number of methoxy groups -OCH3 is 3. The maximum absolute atomic E-state index is 12.7. The van der Waals surface area contributed by atoms with Gasteiger partial charge in [0.15, 0.2) is 11.5 Å². The molecule has 0 aliphatic carbocycles. The summed E-state index contributed by atoms with van der Waals surface area (Å²) in [5.41, 5.74) is 2.76. The highest BCUT2D eigenvalue weighted by molar-refractivity contribution is 6.04. The second-order valence-corrected chi connectivity index (χ2v) is 5.66. The summed E-state index contributed by atoms with van der Waals surface area (Å²) >= 11 is 0. The highest BCUT2D eigenvalue weighted by Gasteiger charge is 2.14. The third-order valence-corrected chi connectivity index (χ3v) is 4.09. The van der Waals surface area contributed by atoms with Crippen molar-refractivity contribution in [1.29, 1.82) is 0 Å². The summed E-state index contributed by atoms with van der Waals surface area (Å²) in [4.78, 5) is 14.4. The zero-order valence-corrected chi connectivity index (χ0v) is 15.9. The normalized spacial score (nSPS) is 10.7. The molecule has 0 aromatic heterocycles. The van der Waals surface area contributed by atoms with Gasteiger partial charge in [-0.3, -0.25) is 4.79 Å². The van der Waals surface area contributed by atoms with E-state index >= 15 is 0 Å². The molecule has 0 unspecified atom stereocenters. The van der Waals surface area contributed by atoms with Crippen molar-refractivity contribution in [2.24, 2.45) is 0 Å². The quantitative estimate of drug-likeness (QED) is 0.702. The number of ether oxygens (including phenoxy) is 3. The SMILES string of the molecule is CCN(C(=O)C=Cc1cc(OC)c(OC)c(OC)c1)c1ccccc1C. The van der Waals surface area contributed by atoms with Crippen molar-refractivity contribution in [2.45, 2.75) is 13.8 Å². The number of aryl methyl sites for hydroxylation is 1. The molecule has 0 saturated carbocycles. The van der Waals surface area contributed by atoms with Crippen LogP contribution < -0.4 is 19.1 Å². The molecule has 0 aliphatic heterocycles. The maximum atomic E-state index is 12.7. The highest BCUT2D eigenvalue weighted by atomic mass is 16.5. The van der Waals surface area contributed by atoms with Gasteiger partial charge in [-0.25, -0.2) is 0 Å². The summed E-state index contributed by atoms with van der Waals surface area (Å²) in [5, 5.41) is 0. The van der Waals surface area contributed by atoms with Crippen molar-refractivity contribution in [1.82, 2.24) is 0 Å². The molecule has 0 saturated heterocycles. The van der Waals surface area contributed by atoms with Gasteiger partial charge in [-0.05, 0) is 49.2 Å². The monoisotopic (exact) mass is 355 g/mol. The predicted molar refractivity (Wildman–Crippen MR) is 104 cm³/mol. The summed E-state index contributed by atoms with van der Waals surface area (Å²) in [7, 11) is 4.68. The van der Waals surface area contributed by atoms with E-state index in [9.17, 15) is 4.79 Å². The fraction of sp³-hybridized carbons (Fsp3) is 0.286. The zero-order valence-electron chi connectivity index (χ0n) is 15.9. The van der Waals surface area contributed by atoms with Gasteiger partial charge in [-0.1, -0.05) is 18.2 Å². The lowest BCUT2D eigenvalue weighted by molar-refractivity contribution is -0.114. The Balaban J connectivity index is 2.31. The second-order valence-electron chi connectivity index (χ2n) is 5.66. The number of anilines is 1. The third kappa shape index (κ3) is 4.17. The largest absolute Gasteiger partial charge is 0.493 e. The molecule has 26 heavy (non-hydrogen) atoms. The Bertz CT molecular complexity index is 773. The molecule has 0 aliphatic rings. The van der Waals surface area contributed by atoms with Crippen molar-refractivity contribution in [2.75, 3.05) is 32.8 Å². The molecule has 0 fully saturated rings. The van der Waals surface area contributed by atoms with Gasteiger partial charge in [0.05, 0.1) is 21.3 Å². The van der Waals surface area contributed by atoms with Crippen molar-refractivity contribution < 1.29 is 19.0 Å². The minimum Gasteiger partial charge on any atom is -0.493 e. The van der Waals surface area contributed by atoms with E-state index in [2.05, 4.69) is 0 Å². The molecule has 2 rings (SSSR count). The number of hydrogen-bond donors (Lipinski definition) is 0. The van der Waals surface area contributed by atoms with Crippen LogP contribution in [0.25, 0.3) is 6.08 Å². The summed E-state index contributed by atoms with van der Waals surface area (Å²) in [5.74, 6) is 1.53. The second kappa shape index (κ2) is 8.94. The van der Waals surface area contributed by atoms with Gasteiger partial charge in [0, 0.05) is 18.3 Å². The molecule has 0 bridgehead atoms. The maximum Gasteiger partial charge on any atom is 0.250 e. The van der Waals surface area contributed by atoms with Crippen LogP contribution in [0.15, 0.2) is 42.5 Å². The minimum absolute atomic E-state index is 0.0875. The molecule has 0 spiro atoms. The Morgan fingerprint density at radius 1 is 1.04 bits per heavy atom. The number of nitrogens with zero attached hydrogens (tertiary/aromatic N) is 1. The third-order valence-electron chi connectivity index (χ3n) is 4.09. The van der Waals surface area contributed by atoms with Crippen LogP contribution in [0.4, 0.5) is 5.69 Å². The Labute approximate surface area is 154 Å². The van der Waals surface area contributed by atoms with E-state index in [1.165, 1.54) is 0 Å². The number of hydrogen-bond acceptors (Lipinski definition) is 4. The van der Waals surface area contributed by atoms with E-state index in [0.717, 1.165) is 16.8 Å². The van der Waals surface area contributed by atoms with Crippen molar-refractivity contribution in [3.05, 3.63) is 53.6 Å². The van der Waals surface area contributed by atoms with Crippen molar-refractivity contribution >= 4 is 17.7 Å². The fourth-order valence-electron chi connectivity index (χ4n) is 2.77. The molecule has 5 nitrogen and oxygen atoms in total. The molecule has 0 radical (unpaired) electrons. The first kappa shape index (κ1) is 19.4. The number of amides is 1. The Kier molecular flexibility index (Phi) is 6.67. The summed E-state index contributed by atoms with van der Waals surface area (Å²) < 4.78 is 16.0. The molecule has 0 N–H and O–H groups in total. The first-order valence-electron chi connectivity index (χ1n) is 8.40.